The lowest BCUT2D eigenvalue weighted by Gasteiger charge is -2.34. The summed E-state index contributed by atoms with van der Waals surface area (Å²) in [6.07, 6.45) is -2.47. The van der Waals surface area contributed by atoms with Crippen molar-refractivity contribution in [1.82, 2.24) is 14.8 Å². The van der Waals surface area contributed by atoms with Gasteiger partial charge in [0, 0.05) is 38.9 Å². The Kier molecular flexibility index (Phi) is 4.65. The van der Waals surface area contributed by atoms with Crippen molar-refractivity contribution in [2.24, 2.45) is 0 Å². The Bertz CT molecular complexity index is 417. The predicted molar refractivity (Wildman–Crippen MR) is 67.0 cm³/mol. The number of halogens is 4. The van der Waals surface area contributed by atoms with Gasteiger partial charge in [-0.1, -0.05) is 11.6 Å². The smallest absolute Gasteiger partial charge is 0.297 e. The maximum absolute atomic E-state index is 12.3. The van der Waals surface area contributed by atoms with Crippen LogP contribution >= 0.6 is 11.6 Å². The van der Waals surface area contributed by atoms with Crippen LogP contribution in [0.25, 0.3) is 0 Å². The molecule has 0 saturated carbocycles. The van der Waals surface area contributed by atoms with Gasteiger partial charge in [0.1, 0.15) is 5.15 Å². The molecule has 0 unspecified atom stereocenters. The van der Waals surface area contributed by atoms with Gasteiger partial charge in [-0.25, -0.2) is 4.98 Å². The van der Waals surface area contributed by atoms with E-state index in [4.69, 9.17) is 11.6 Å². The van der Waals surface area contributed by atoms with Crippen molar-refractivity contribution < 1.29 is 13.2 Å². The fraction of sp³-hybridized carbons (Fsp3) is 0.583. The molecule has 1 fully saturated rings. The molecular formula is C12H15ClF3N3. The number of piperazine rings is 1. The molecule has 0 radical (unpaired) electrons. The molecule has 7 heteroatoms. The first-order chi connectivity index (χ1) is 8.92. The zero-order valence-corrected chi connectivity index (χ0v) is 11.1. The van der Waals surface area contributed by atoms with E-state index in [0.717, 1.165) is 5.56 Å². The zero-order valence-electron chi connectivity index (χ0n) is 10.3. The minimum absolute atomic E-state index is 0.438. The van der Waals surface area contributed by atoms with Crippen LogP contribution in [0.3, 0.4) is 0 Å². The summed E-state index contributed by atoms with van der Waals surface area (Å²) >= 11 is 5.80. The quantitative estimate of drug-likeness (QED) is 0.798. The van der Waals surface area contributed by atoms with Gasteiger partial charge in [-0.3, -0.25) is 9.80 Å². The van der Waals surface area contributed by atoms with Crippen molar-refractivity contribution in [3.05, 3.63) is 29.0 Å². The molecule has 2 heterocycles. The molecule has 1 aliphatic rings. The maximum atomic E-state index is 12.3. The van der Waals surface area contributed by atoms with Crippen LogP contribution < -0.4 is 0 Å². The summed E-state index contributed by atoms with van der Waals surface area (Å²) in [6, 6.07) is 3.65. The van der Waals surface area contributed by atoms with E-state index in [2.05, 4.69) is 9.88 Å². The molecule has 19 heavy (non-hydrogen) atoms. The monoisotopic (exact) mass is 293 g/mol. The van der Waals surface area contributed by atoms with Crippen LogP contribution in [0.15, 0.2) is 18.3 Å². The standard InChI is InChI=1S/C12H15ClF3N3/c13-11-7-10(1-2-17-11)8-18-3-5-19(6-4-18)9-12(14,15)16/h1-2,7H,3-6,8-9H2. The lowest BCUT2D eigenvalue weighted by molar-refractivity contribution is -0.149. The van der Waals surface area contributed by atoms with Crippen LogP contribution in [0.2, 0.25) is 5.15 Å². The summed E-state index contributed by atoms with van der Waals surface area (Å²) in [4.78, 5) is 7.46. The van der Waals surface area contributed by atoms with Crippen LogP contribution in [0.1, 0.15) is 5.56 Å². The third-order valence-corrected chi connectivity index (χ3v) is 3.27. The van der Waals surface area contributed by atoms with Gasteiger partial charge in [-0.15, -0.1) is 0 Å². The highest BCUT2D eigenvalue weighted by atomic mass is 35.5. The average Bonchev–Trinajstić information content (AvgIpc) is 2.30. The van der Waals surface area contributed by atoms with E-state index in [1.807, 2.05) is 6.07 Å². The highest BCUT2D eigenvalue weighted by Gasteiger charge is 2.32. The van der Waals surface area contributed by atoms with Gasteiger partial charge in [-0.2, -0.15) is 13.2 Å². The Morgan fingerprint density at radius 1 is 1.16 bits per heavy atom. The molecule has 1 aromatic heterocycles. The van der Waals surface area contributed by atoms with Gasteiger partial charge in [0.2, 0.25) is 0 Å². The molecule has 0 N–H and O–H groups in total. The van der Waals surface area contributed by atoms with E-state index in [0.29, 0.717) is 37.9 Å². The van der Waals surface area contributed by atoms with Gasteiger partial charge in [0.25, 0.3) is 0 Å². The third-order valence-electron chi connectivity index (χ3n) is 3.06. The Morgan fingerprint density at radius 3 is 2.37 bits per heavy atom. The van der Waals surface area contributed by atoms with Crippen LogP contribution in [0.5, 0.6) is 0 Å². The van der Waals surface area contributed by atoms with E-state index in [9.17, 15) is 13.2 Å². The van der Waals surface area contributed by atoms with Gasteiger partial charge >= 0.3 is 6.18 Å². The summed E-state index contributed by atoms with van der Waals surface area (Å²) in [5.74, 6) is 0. The molecule has 1 saturated heterocycles. The van der Waals surface area contributed by atoms with Crippen molar-refractivity contribution in [3.63, 3.8) is 0 Å². The molecule has 0 atom stereocenters. The largest absolute Gasteiger partial charge is 0.401 e. The fourth-order valence-electron chi connectivity index (χ4n) is 2.16. The number of rotatable bonds is 3. The summed E-state index contributed by atoms with van der Waals surface area (Å²) < 4.78 is 36.8. The second kappa shape index (κ2) is 6.07. The Morgan fingerprint density at radius 2 is 1.79 bits per heavy atom. The van der Waals surface area contributed by atoms with Crippen LogP contribution in [0.4, 0.5) is 13.2 Å². The second-order valence-corrected chi connectivity index (χ2v) is 5.04. The van der Waals surface area contributed by atoms with Crippen molar-refractivity contribution in [3.8, 4) is 0 Å². The van der Waals surface area contributed by atoms with Crippen molar-refractivity contribution in [2.45, 2.75) is 12.7 Å². The lowest BCUT2D eigenvalue weighted by atomic mass is 10.2. The Hall–Kier alpha value is -0.850. The van der Waals surface area contributed by atoms with Crippen molar-refractivity contribution in [2.75, 3.05) is 32.7 Å². The summed E-state index contributed by atoms with van der Waals surface area (Å²) in [7, 11) is 0. The molecule has 0 bridgehead atoms. The zero-order chi connectivity index (χ0) is 13.9. The van der Waals surface area contributed by atoms with Crippen LogP contribution in [0, 0.1) is 0 Å². The summed E-state index contributed by atoms with van der Waals surface area (Å²) in [5, 5.41) is 0.438. The molecular weight excluding hydrogens is 279 g/mol. The topological polar surface area (TPSA) is 19.4 Å². The number of alkyl halides is 3. The molecule has 1 aromatic rings. The number of aromatic nitrogens is 1. The highest BCUT2D eigenvalue weighted by molar-refractivity contribution is 6.29. The Labute approximate surface area is 115 Å². The molecule has 0 amide bonds. The first-order valence-corrected chi connectivity index (χ1v) is 6.42. The van der Waals surface area contributed by atoms with Crippen LogP contribution in [-0.4, -0.2) is 53.7 Å². The predicted octanol–water partition coefficient (Wildman–Crippen LogP) is 2.41. The van der Waals surface area contributed by atoms with Gasteiger partial charge in [-0.05, 0) is 17.7 Å². The van der Waals surface area contributed by atoms with E-state index in [-0.39, 0.29) is 0 Å². The molecule has 2 rings (SSSR count). The van der Waals surface area contributed by atoms with E-state index in [1.165, 1.54) is 4.90 Å². The van der Waals surface area contributed by atoms with Crippen LogP contribution in [-0.2, 0) is 6.54 Å². The van der Waals surface area contributed by atoms with E-state index >= 15 is 0 Å². The number of nitrogens with zero attached hydrogens (tertiary/aromatic N) is 3. The minimum Gasteiger partial charge on any atom is -0.297 e. The molecule has 0 spiro atoms. The SMILES string of the molecule is FC(F)(F)CN1CCN(Cc2ccnc(Cl)c2)CC1. The number of pyridine rings is 1. The first-order valence-electron chi connectivity index (χ1n) is 6.04. The third kappa shape index (κ3) is 4.97. The van der Waals surface area contributed by atoms with Gasteiger partial charge < -0.3 is 0 Å². The van der Waals surface area contributed by atoms with E-state index in [1.54, 1.807) is 12.3 Å². The van der Waals surface area contributed by atoms with E-state index < -0.39 is 12.7 Å². The van der Waals surface area contributed by atoms with Crippen molar-refractivity contribution in [1.29, 1.82) is 0 Å². The summed E-state index contributed by atoms with van der Waals surface area (Å²) in [6.45, 7) is 2.03. The Balaban J connectivity index is 1.80. The average molecular weight is 294 g/mol. The number of hydrogen-bond acceptors (Lipinski definition) is 3. The normalized spacial score (nSPS) is 18.7. The first kappa shape index (κ1) is 14.6. The lowest BCUT2D eigenvalue weighted by Crippen LogP contribution is -2.48. The second-order valence-electron chi connectivity index (χ2n) is 4.65. The molecule has 0 aromatic carbocycles. The summed E-state index contributed by atoms with van der Waals surface area (Å²) in [5.41, 5.74) is 1.03. The molecule has 3 nitrogen and oxygen atoms in total. The van der Waals surface area contributed by atoms with Gasteiger partial charge in [0.15, 0.2) is 0 Å². The van der Waals surface area contributed by atoms with Crippen molar-refractivity contribution >= 4 is 11.6 Å². The maximum Gasteiger partial charge on any atom is 0.401 e. The fourth-order valence-corrected chi connectivity index (χ4v) is 2.35. The molecule has 1 aliphatic heterocycles. The minimum atomic E-state index is -4.11. The molecule has 106 valence electrons. The molecule has 0 aliphatic carbocycles. The van der Waals surface area contributed by atoms with Gasteiger partial charge in [0.05, 0.1) is 6.54 Å². The number of hydrogen-bond donors (Lipinski definition) is 0. The highest BCUT2D eigenvalue weighted by Crippen LogP contribution is 2.18.